The van der Waals surface area contributed by atoms with Crippen molar-refractivity contribution in [3.63, 3.8) is 0 Å². The van der Waals surface area contributed by atoms with Gasteiger partial charge in [-0.2, -0.15) is 18.3 Å². The molecule has 0 bridgehead atoms. The SMILES string of the molecule is COc1cc(OC)c(/C=N\NC(=O)CNc2cccc(C(F)(F)F)c2)cc1Br. The lowest BCUT2D eigenvalue weighted by Crippen LogP contribution is -2.26. The maximum absolute atomic E-state index is 12.7. The Morgan fingerprint density at radius 3 is 2.54 bits per heavy atom. The zero-order valence-electron chi connectivity index (χ0n) is 14.9. The number of carbonyl (C=O) groups excluding carboxylic acids is 1. The molecule has 2 N–H and O–H groups in total. The number of methoxy groups -OCH3 is 2. The smallest absolute Gasteiger partial charge is 0.416 e. The van der Waals surface area contributed by atoms with Crippen molar-refractivity contribution in [2.45, 2.75) is 6.18 Å². The fourth-order valence-electron chi connectivity index (χ4n) is 2.19. The number of amides is 1. The third-order valence-electron chi connectivity index (χ3n) is 3.54. The van der Waals surface area contributed by atoms with Crippen LogP contribution in [-0.4, -0.2) is 32.9 Å². The molecule has 0 aromatic heterocycles. The van der Waals surface area contributed by atoms with Gasteiger partial charge in [0.2, 0.25) is 0 Å². The number of rotatable bonds is 7. The Morgan fingerprint density at radius 1 is 1.18 bits per heavy atom. The molecule has 1 amide bonds. The summed E-state index contributed by atoms with van der Waals surface area (Å²) in [5.74, 6) is 0.531. The van der Waals surface area contributed by atoms with Crippen molar-refractivity contribution in [3.05, 3.63) is 52.0 Å². The molecule has 150 valence electrons. The normalized spacial score (nSPS) is 11.4. The van der Waals surface area contributed by atoms with Crippen molar-refractivity contribution in [1.29, 1.82) is 0 Å². The second-order valence-corrected chi connectivity index (χ2v) is 6.31. The predicted molar refractivity (Wildman–Crippen MR) is 103 cm³/mol. The van der Waals surface area contributed by atoms with Crippen LogP contribution in [0.4, 0.5) is 18.9 Å². The highest BCUT2D eigenvalue weighted by Crippen LogP contribution is 2.32. The Hall–Kier alpha value is -2.75. The second-order valence-electron chi connectivity index (χ2n) is 5.45. The van der Waals surface area contributed by atoms with Crippen molar-refractivity contribution in [2.75, 3.05) is 26.1 Å². The largest absolute Gasteiger partial charge is 0.496 e. The maximum Gasteiger partial charge on any atom is 0.416 e. The van der Waals surface area contributed by atoms with E-state index in [4.69, 9.17) is 9.47 Å². The molecule has 0 spiro atoms. The quantitative estimate of drug-likeness (QED) is 0.483. The monoisotopic (exact) mass is 459 g/mol. The Bertz CT molecular complexity index is 873. The summed E-state index contributed by atoms with van der Waals surface area (Å²) < 4.78 is 49.1. The van der Waals surface area contributed by atoms with E-state index in [2.05, 4.69) is 31.8 Å². The van der Waals surface area contributed by atoms with Crippen molar-refractivity contribution in [1.82, 2.24) is 5.43 Å². The number of hydrogen-bond acceptors (Lipinski definition) is 5. The Balaban J connectivity index is 1.95. The van der Waals surface area contributed by atoms with Gasteiger partial charge in [-0.25, -0.2) is 5.43 Å². The summed E-state index contributed by atoms with van der Waals surface area (Å²) in [4.78, 5) is 11.8. The number of carbonyl (C=O) groups is 1. The minimum Gasteiger partial charge on any atom is -0.496 e. The number of anilines is 1. The van der Waals surface area contributed by atoms with Crippen LogP contribution in [0.25, 0.3) is 0 Å². The summed E-state index contributed by atoms with van der Waals surface area (Å²) >= 11 is 3.34. The first-order chi connectivity index (χ1) is 13.2. The van der Waals surface area contributed by atoms with E-state index < -0.39 is 17.6 Å². The zero-order valence-corrected chi connectivity index (χ0v) is 16.5. The van der Waals surface area contributed by atoms with E-state index in [-0.39, 0.29) is 12.2 Å². The van der Waals surface area contributed by atoms with Gasteiger partial charge in [0, 0.05) is 17.3 Å². The highest BCUT2D eigenvalue weighted by atomic mass is 79.9. The lowest BCUT2D eigenvalue weighted by atomic mass is 10.2. The highest BCUT2D eigenvalue weighted by molar-refractivity contribution is 9.10. The van der Waals surface area contributed by atoms with Gasteiger partial charge in [0.05, 0.1) is 37.0 Å². The molecule has 0 radical (unpaired) electrons. The van der Waals surface area contributed by atoms with Gasteiger partial charge in [0.15, 0.2) is 0 Å². The van der Waals surface area contributed by atoms with Gasteiger partial charge in [-0.1, -0.05) is 6.07 Å². The van der Waals surface area contributed by atoms with E-state index in [1.54, 1.807) is 12.1 Å². The summed E-state index contributed by atoms with van der Waals surface area (Å²) in [6.45, 7) is -0.248. The van der Waals surface area contributed by atoms with E-state index in [1.165, 1.54) is 32.6 Å². The molecule has 28 heavy (non-hydrogen) atoms. The van der Waals surface area contributed by atoms with Crippen LogP contribution in [0.15, 0.2) is 46.0 Å². The van der Waals surface area contributed by atoms with Gasteiger partial charge in [0.1, 0.15) is 11.5 Å². The standard InChI is InChI=1S/C18H17BrF3N3O3/c1-27-15-8-16(28-2)14(19)6-11(15)9-24-25-17(26)10-23-13-5-3-4-12(7-13)18(20,21)22/h3-9,23H,10H2,1-2H3,(H,25,26)/b24-9-. The molecule has 0 aliphatic rings. The first-order valence-electron chi connectivity index (χ1n) is 7.89. The molecule has 2 aromatic rings. The van der Waals surface area contributed by atoms with Crippen LogP contribution in [0.1, 0.15) is 11.1 Å². The summed E-state index contributed by atoms with van der Waals surface area (Å²) in [7, 11) is 3.00. The fraction of sp³-hybridized carbons (Fsp3) is 0.222. The molecule has 0 saturated heterocycles. The molecule has 0 atom stereocenters. The summed E-state index contributed by atoms with van der Waals surface area (Å²) in [5, 5.41) is 6.45. The van der Waals surface area contributed by atoms with Gasteiger partial charge in [0.25, 0.3) is 5.91 Å². The molecular formula is C18H17BrF3N3O3. The predicted octanol–water partition coefficient (Wildman–Crippen LogP) is 4.05. The van der Waals surface area contributed by atoms with Gasteiger partial charge in [-0.05, 0) is 40.2 Å². The fourth-order valence-corrected chi connectivity index (χ4v) is 2.71. The number of hydrogen-bond donors (Lipinski definition) is 2. The van der Waals surface area contributed by atoms with E-state index in [0.29, 0.717) is 21.5 Å². The molecule has 0 saturated carbocycles. The van der Waals surface area contributed by atoms with Crippen molar-refractivity contribution < 1.29 is 27.4 Å². The van der Waals surface area contributed by atoms with Crippen LogP contribution < -0.4 is 20.2 Å². The number of alkyl halides is 3. The minimum atomic E-state index is -4.45. The van der Waals surface area contributed by atoms with Crippen LogP contribution in [0.2, 0.25) is 0 Å². The molecule has 0 heterocycles. The number of nitrogens with one attached hydrogen (secondary N) is 2. The minimum absolute atomic E-state index is 0.176. The first kappa shape index (κ1) is 21.5. The Labute approximate surface area is 167 Å². The van der Waals surface area contributed by atoms with Crippen LogP contribution in [0.5, 0.6) is 11.5 Å². The Morgan fingerprint density at radius 2 is 1.89 bits per heavy atom. The van der Waals surface area contributed by atoms with E-state index >= 15 is 0 Å². The second kappa shape index (κ2) is 9.45. The van der Waals surface area contributed by atoms with Crippen LogP contribution in [0.3, 0.4) is 0 Å². The molecule has 10 heteroatoms. The summed E-state index contributed by atoms with van der Waals surface area (Å²) in [5.41, 5.74) is 2.25. The zero-order chi connectivity index (χ0) is 20.7. The maximum atomic E-state index is 12.7. The molecule has 2 aromatic carbocycles. The van der Waals surface area contributed by atoms with Gasteiger partial charge in [-0.3, -0.25) is 4.79 Å². The van der Waals surface area contributed by atoms with Crippen LogP contribution in [-0.2, 0) is 11.0 Å². The summed E-state index contributed by atoms with van der Waals surface area (Å²) in [6, 6.07) is 7.93. The number of nitrogens with zero attached hydrogens (tertiary/aromatic N) is 1. The Kier molecular flexibility index (Phi) is 7.27. The number of hydrazone groups is 1. The number of halogens is 4. The van der Waals surface area contributed by atoms with E-state index in [9.17, 15) is 18.0 Å². The average molecular weight is 460 g/mol. The lowest BCUT2D eigenvalue weighted by Gasteiger charge is -2.10. The molecule has 2 rings (SSSR count). The third kappa shape index (κ3) is 5.88. The van der Waals surface area contributed by atoms with Crippen LogP contribution >= 0.6 is 15.9 Å². The number of benzene rings is 2. The molecule has 0 unspecified atom stereocenters. The van der Waals surface area contributed by atoms with Crippen molar-refractivity contribution in [2.24, 2.45) is 5.10 Å². The van der Waals surface area contributed by atoms with Gasteiger partial charge in [-0.15, -0.1) is 0 Å². The van der Waals surface area contributed by atoms with E-state index in [0.717, 1.165) is 12.1 Å². The summed E-state index contributed by atoms with van der Waals surface area (Å²) in [6.07, 6.45) is -3.07. The molecule has 0 fully saturated rings. The van der Waals surface area contributed by atoms with Crippen LogP contribution in [0, 0.1) is 0 Å². The number of ether oxygens (including phenoxy) is 2. The van der Waals surface area contributed by atoms with Crippen molar-refractivity contribution in [3.8, 4) is 11.5 Å². The first-order valence-corrected chi connectivity index (χ1v) is 8.68. The molecular weight excluding hydrogens is 443 g/mol. The highest BCUT2D eigenvalue weighted by Gasteiger charge is 2.30. The lowest BCUT2D eigenvalue weighted by molar-refractivity contribution is -0.137. The van der Waals surface area contributed by atoms with E-state index in [1.807, 2.05) is 0 Å². The molecule has 6 nitrogen and oxygen atoms in total. The van der Waals surface area contributed by atoms with Gasteiger partial charge >= 0.3 is 6.18 Å². The van der Waals surface area contributed by atoms with Gasteiger partial charge < -0.3 is 14.8 Å². The molecule has 0 aliphatic heterocycles. The molecule has 0 aliphatic carbocycles. The topological polar surface area (TPSA) is 72.0 Å². The third-order valence-corrected chi connectivity index (χ3v) is 4.16. The average Bonchev–Trinajstić information content (AvgIpc) is 2.66. The van der Waals surface area contributed by atoms with Crippen molar-refractivity contribution >= 4 is 33.7 Å².